The maximum Gasteiger partial charge on any atom is 0.227 e. The van der Waals surface area contributed by atoms with Crippen molar-refractivity contribution in [2.24, 2.45) is 0 Å². The number of aryl methyl sites for hydroxylation is 3. The zero-order valence-corrected chi connectivity index (χ0v) is 14.3. The quantitative estimate of drug-likeness (QED) is 0.943. The van der Waals surface area contributed by atoms with E-state index in [9.17, 15) is 4.79 Å². The predicted octanol–water partition coefficient (Wildman–Crippen LogP) is 3.16. The number of aromatic nitrogens is 2. The molecule has 2 heterocycles. The van der Waals surface area contributed by atoms with Gasteiger partial charge in [-0.2, -0.15) is 5.10 Å². The number of carbonyl (C=O) groups excluding carboxylic acids is 1. The first kappa shape index (κ1) is 15.4. The van der Waals surface area contributed by atoms with E-state index in [0.29, 0.717) is 12.3 Å². The zero-order chi connectivity index (χ0) is 16.5. The largest absolute Gasteiger partial charge is 0.342 e. The van der Waals surface area contributed by atoms with Gasteiger partial charge in [-0.15, -0.1) is 0 Å². The molecule has 1 aromatic heterocycles. The number of carbonyl (C=O) groups is 1. The van der Waals surface area contributed by atoms with Crippen LogP contribution in [0.1, 0.15) is 53.1 Å². The Hall–Kier alpha value is -2.10. The molecule has 2 aliphatic rings. The minimum absolute atomic E-state index is 0.255. The highest BCUT2D eigenvalue weighted by atomic mass is 16.2. The molecule has 1 aliphatic carbocycles. The van der Waals surface area contributed by atoms with E-state index in [1.54, 1.807) is 0 Å². The molecule has 4 rings (SSSR count). The van der Waals surface area contributed by atoms with Crippen LogP contribution < -0.4 is 0 Å². The zero-order valence-electron chi connectivity index (χ0n) is 14.3. The summed E-state index contributed by atoms with van der Waals surface area (Å²) in [7, 11) is 0. The minimum atomic E-state index is 0.255. The molecular weight excluding hydrogens is 298 g/mol. The van der Waals surface area contributed by atoms with Crippen LogP contribution in [0.2, 0.25) is 0 Å². The van der Waals surface area contributed by atoms with Crippen LogP contribution in [0, 0.1) is 6.92 Å². The van der Waals surface area contributed by atoms with Crippen molar-refractivity contribution >= 4 is 5.91 Å². The van der Waals surface area contributed by atoms with Gasteiger partial charge in [0.25, 0.3) is 0 Å². The smallest absolute Gasteiger partial charge is 0.227 e. The van der Waals surface area contributed by atoms with Crippen LogP contribution >= 0.6 is 0 Å². The van der Waals surface area contributed by atoms with Crippen LogP contribution in [0.4, 0.5) is 0 Å². The van der Waals surface area contributed by atoms with Crippen LogP contribution in [0.3, 0.4) is 0 Å². The van der Waals surface area contributed by atoms with E-state index in [0.717, 1.165) is 19.5 Å². The highest BCUT2D eigenvalue weighted by Crippen LogP contribution is 2.28. The second-order valence-electron chi connectivity index (χ2n) is 7.28. The lowest BCUT2D eigenvalue weighted by Gasteiger charge is -2.19. The van der Waals surface area contributed by atoms with Crippen molar-refractivity contribution in [1.82, 2.24) is 15.1 Å². The van der Waals surface area contributed by atoms with Gasteiger partial charge >= 0.3 is 0 Å². The molecule has 1 aromatic carbocycles. The second-order valence-corrected chi connectivity index (χ2v) is 7.28. The first-order valence-corrected chi connectivity index (χ1v) is 9.09. The van der Waals surface area contributed by atoms with Gasteiger partial charge in [-0.25, -0.2) is 0 Å². The van der Waals surface area contributed by atoms with E-state index in [1.807, 2.05) is 11.1 Å². The molecule has 2 aromatic rings. The van der Waals surface area contributed by atoms with E-state index >= 15 is 0 Å². The summed E-state index contributed by atoms with van der Waals surface area (Å²) in [5.74, 6) is 0.658. The normalized spacial score (nSPS) is 20.2. The van der Waals surface area contributed by atoms with Gasteiger partial charge < -0.3 is 4.90 Å². The van der Waals surface area contributed by atoms with Crippen LogP contribution in [0.25, 0.3) is 0 Å². The third-order valence-corrected chi connectivity index (χ3v) is 5.59. The Balaban J connectivity index is 1.41. The van der Waals surface area contributed by atoms with E-state index < -0.39 is 0 Å². The lowest BCUT2D eigenvalue weighted by Crippen LogP contribution is -2.30. The number of hydrogen-bond acceptors (Lipinski definition) is 2. The molecule has 126 valence electrons. The summed E-state index contributed by atoms with van der Waals surface area (Å²) >= 11 is 0. The van der Waals surface area contributed by atoms with Crippen molar-refractivity contribution in [2.45, 2.75) is 51.4 Å². The molecular formula is C20H25N3O. The van der Waals surface area contributed by atoms with E-state index in [1.165, 1.54) is 53.6 Å². The minimum Gasteiger partial charge on any atom is -0.342 e. The fourth-order valence-corrected chi connectivity index (χ4v) is 4.18. The monoisotopic (exact) mass is 323 g/mol. The number of H-pyrrole nitrogens is 1. The molecule has 1 aliphatic heterocycles. The molecule has 4 heteroatoms. The Kier molecular flexibility index (Phi) is 4.13. The summed E-state index contributed by atoms with van der Waals surface area (Å²) in [4.78, 5) is 14.7. The number of nitrogens with one attached hydrogen (secondary N) is 1. The molecule has 24 heavy (non-hydrogen) atoms. The maximum absolute atomic E-state index is 12.7. The number of amides is 1. The van der Waals surface area contributed by atoms with Crippen molar-refractivity contribution < 1.29 is 4.79 Å². The van der Waals surface area contributed by atoms with Crippen molar-refractivity contribution in [3.05, 3.63) is 52.3 Å². The average molecular weight is 323 g/mol. The summed E-state index contributed by atoms with van der Waals surface area (Å²) in [5, 5.41) is 7.22. The van der Waals surface area contributed by atoms with Crippen molar-refractivity contribution in [3.63, 3.8) is 0 Å². The highest BCUT2D eigenvalue weighted by Gasteiger charge is 2.29. The molecule has 1 fully saturated rings. The molecule has 1 saturated heterocycles. The maximum atomic E-state index is 12.7. The Bertz CT molecular complexity index is 749. The summed E-state index contributed by atoms with van der Waals surface area (Å²) in [6, 6.07) is 6.64. The van der Waals surface area contributed by atoms with Crippen LogP contribution in [0.5, 0.6) is 0 Å². The molecule has 0 radical (unpaired) electrons. The molecule has 4 nitrogen and oxygen atoms in total. The molecule has 1 amide bonds. The van der Waals surface area contributed by atoms with E-state index in [2.05, 4.69) is 35.3 Å². The van der Waals surface area contributed by atoms with Crippen LogP contribution in [-0.2, 0) is 24.1 Å². The third-order valence-electron chi connectivity index (χ3n) is 5.59. The first-order chi connectivity index (χ1) is 11.7. The van der Waals surface area contributed by atoms with Crippen molar-refractivity contribution in [3.8, 4) is 0 Å². The Morgan fingerprint density at radius 1 is 1.29 bits per heavy atom. The topological polar surface area (TPSA) is 49.0 Å². The number of likely N-dealkylation sites (tertiary alicyclic amines) is 1. The van der Waals surface area contributed by atoms with Gasteiger partial charge in [0.2, 0.25) is 5.91 Å². The van der Waals surface area contributed by atoms with Gasteiger partial charge in [-0.3, -0.25) is 9.89 Å². The highest BCUT2D eigenvalue weighted by molar-refractivity contribution is 5.79. The number of aromatic amines is 1. The molecule has 1 unspecified atom stereocenters. The fourth-order valence-electron chi connectivity index (χ4n) is 4.18. The Morgan fingerprint density at radius 2 is 2.12 bits per heavy atom. The van der Waals surface area contributed by atoms with E-state index in [-0.39, 0.29) is 5.91 Å². The summed E-state index contributed by atoms with van der Waals surface area (Å²) < 4.78 is 0. The van der Waals surface area contributed by atoms with Crippen LogP contribution in [-0.4, -0.2) is 34.1 Å². The SMILES string of the molecule is Cc1cn[nH]c1C1CCN(C(=O)Cc2ccc3c(c2)CCCC3)C1. The average Bonchev–Trinajstić information content (AvgIpc) is 3.23. The summed E-state index contributed by atoms with van der Waals surface area (Å²) in [6.45, 7) is 3.75. The Labute approximate surface area is 143 Å². The van der Waals surface area contributed by atoms with Crippen molar-refractivity contribution in [2.75, 3.05) is 13.1 Å². The van der Waals surface area contributed by atoms with Gasteiger partial charge in [-0.1, -0.05) is 18.2 Å². The van der Waals surface area contributed by atoms with Gasteiger partial charge in [0, 0.05) is 24.7 Å². The van der Waals surface area contributed by atoms with Gasteiger partial charge in [0.05, 0.1) is 12.6 Å². The predicted molar refractivity (Wildman–Crippen MR) is 94.1 cm³/mol. The number of benzene rings is 1. The van der Waals surface area contributed by atoms with E-state index in [4.69, 9.17) is 0 Å². The third kappa shape index (κ3) is 2.97. The van der Waals surface area contributed by atoms with Crippen molar-refractivity contribution in [1.29, 1.82) is 0 Å². The van der Waals surface area contributed by atoms with Gasteiger partial charge in [0.15, 0.2) is 0 Å². The summed E-state index contributed by atoms with van der Waals surface area (Å²) in [6.07, 6.45) is 8.37. The number of hydrogen-bond donors (Lipinski definition) is 1. The fraction of sp³-hybridized carbons (Fsp3) is 0.500. The van der Waals surface area contributed by atoms with Gasteiger partial charge in [-0.05, 0) is 61.3 Å². The lowest BCUT2D eigenvalue weighted by molar-refractivity contribution is -0.129. The molecule has 1 atom stereocenters. The molecule has 0 spiro atoms. The lowest BCUT2D eigenvalue weighted by atomic mass is 9.90. The van der Waals surface area contributed by atoms with Crippen LogP contribution in [0.15, 0.2) is 24.4 Å². The standard InChI is InChI=1S/C20H25N3O/c1-14-12-21-22-20(14)18-8-9-23(13-18)19(24)11-15-6-7-16-4-2-3-5-17(16)10-15/h6-7,10,12,18H,2-5,8-9,11,13H2,1H3,(H,21,22). The summed E-state index contributed by atoms with van der Waals surface area (Å²) in [5.41, 5.74) is 6.50. The first-order valence-electron chi connectivity index (χ1n) is 9.09. The number of rotatable bonds is 3. The molecule has 1 N–H and O–H groups in total. The second kappa shape index (κ2) is 6.42. The number of nitrogens with zero attached hydrogens (tertiary/aromatic N) is 2. The van der Waals surface area contributed by atoms with Gasteiger partial charge in [0.1, 0.15) is 0 Å². The molecule has 0 saturated carbocycles. The molecule has 0 bridgehead atoms. The Morgan fingerprint density at radius 3 is 2.92 bits per heavy atom. The number of fused-ring (bicyclic) bond motifs is 1.